The van der Waals surface area contributed by atoms with E-state index in [2.05, 4.69) is 20.7 Å². The lowest BCUT2D eigenvalue weighted by Crippen LogP contribution is -2.62. The number of rotatable bonds is 9. The van der Waals surface area contributed by atoms with E-state index in [4.69, 9.17) is 4.74 Å². The summed E-state index contributed by atoms with van der Waals surface area (Å²) in [6.07, 6.45) is -0.841. The van der Waals surface area contributed by atoms with Crippen molar-refractivity contribution >= 4 is 41.4 Å². The van der Waals surface area contributed by atoms with Gasteiger partial charge in [0.15, 0.2) is 0 Å². The average molecular weight is 823 g/mol. The average Bonchev–Trinajstić information content (AvgIpc) is 3.86. The first-order valence-electron chi connectivity index (χ1n) is 20.3. The van der Waals surface area contributed by atoms with Crippen LogP contribution in [0.25, 0.3) is 0 Å². The maximum absolute atomic E-state index is 14.5. The number of ether oxygens (including phenoxy) is 2. The number of amides is 6. The van der Waals surface area contributed by atoms with Crippen LogP contribution in [-0.2, 0) is 51.1 Å². The van der Waals surface area contributed by atoms with Crippen molar-refractivity contribution < 1.29 is 51.8 Å². The molecule has 0 bridgehead atoms. The van der Waals surface area contributed by atoms with E-state index in [1.54, 1.807) is 37.3 Å². The number of carbonyl (C=O) groups is 7. The van der Waals surface area contributed by atoms with Gasteiger partial charge in [0, 0.05) is 33.0 Å². The Morgan fingerprint density at radius 2 is 1.53 bits per heavy atom. The van der Waals surface area contributed by atoms with E-state index >= 15 is 0 Å². The Labute approximate surface area is 341 Å². The molecule has 7 atom stereocenters. The Bertz CT molecular complexity index is 1890. The van der Waals surface area contributed by atoms with Gasteiger partial charge in [0.2, 0.25) is 35.4 Å². The second-order valence-corrected chi connectivity index (χ2v) is 16.0. The first-order chi connectivity index (χ1) is 28.1. The van der Waals surface area contributed by atoms with E-state index in [1.807, 2.05) is 6.92 Å². The second-order valence-electron chi connectivity index (χ2n) is 16.0. The van der Waals surface area contributed by atoms with Crippen molar-refractivity contribution in [1.29, 1.82) is 0 Å². The number of piperidine rings is 1. The molecule has 0 unspecified atom stereocenters. The number of halogens is 2. The van der Waals surface area contributed by atoms with E-state index in [0.717, 1.165) is 0 Å². The van der Waals surface area contributed by atoms with E-state index in [9.17, 15) is 42.3 Å². The molecule has 318 valence electrons. The predicted molar refractivity (Wildman–Crippen MR) is 207 cm³/mol. The number of hydrogen-bond donors (Lipinski definition) is 3. The summed E-state index contributed by atoms with van der Waals surface area (Å²) < 4.78 is 37.0. The lowest BCUT2D eigenvalue weighted by atomic mass is 9.99. The predicted octanol–water partition coefficient (Wildman–Crippen LogP) is 2.10. The van der Waals surface area contributed by atoms with Crippen LogP contribution in [0.2, 0.25) is 0 Å². The molecule has 59 heavy (non-hydrogen) atoms. The van der Waals surface area contributed by atoms with Crippen LogP contribution in [0.4, 0.5) is 8.78 Å². The smallest absolute Gasteiger partial charge is 0.394 e. The highest BCUT2D eigenvalue weighted by molar-refractivity contribution is 5.98. The van der Waals surface area contributed by atoms with E-state index in [-0.39, 0.29) is 50.6 Å². The zero-order chi connectivity index (χ0) is 42.4. The van der Waals surface area contributed by atoms with Crippen molar-refractivity contribution in [2.24, 2.45) is 5.92 Å². The molecule has 2 aromatic rings. The summed E-state index contributed by atoms with van der Waals surface area (Å²) in [4.78, 5) is 102. The summed E-state index contributed by atoms with van der Waals surface area (Å²) in [5.74, 6) is -4.39. The third kappa shape index (κ3) is 10.7. The zero-order valence-corrected chi connectivity index (χ0v) is 33.5. The standard InChI is InChI=1S/C42H52F2N6O9/c1-25-20-34-41(57)58-24-31(39(55)49-19-9-13-33(49)40(56)48-18-8-7-12-32(48)37(53)45-26(2)38(54)50(34)23-25)47-36(52)30(21-27-10-5-4-6-11-27)46-35(51)22-28-14-16-29(17-15-28)59-42(3,43)44/h4-6,10-11,14-17,25-26,30-34H,7-9,12-13,18-24H2,1-3H3,(H,45,53)(H,46,51)(H,47,52)/t25-,26+,30+,31+,32+,33+,34+/m1/s1. The van der Waals surface area contributed by atoms with Gasteiger partial charge in [-0.05, 0) is 74.6 Å². The third-order valence-corrected chi connectivity index (χ3v) is 11.2. The molecular weight excluding hydrogens is 770 g/mol. The molecule has 4 aliphatic heterocycles. The fraction of sp³-hybridized carbons (Fsp3) is 0.548. The topological polar surface area (TPSA) is 184 Å². The third-order valence-electron chi connectivity index (χ3n) is 11.2. The van der Waals surface area contributed by atoms with Gasteiger partial charge < -0.3 is 40.1 Å². The summed E-state index contributed by atoms with van der Waals surface area (Å²) in [5.41, 5.74) is 1.14. The number of nitrogens with zero attached hydrogens (tertiary/aromatic N) is 3. The number of cyclic esters (lactones) is 1. The molecule has 4 saturated heterocycles. The van der Waals surface area contributed by atoms with E-state index < -0.39 is 90.4 Å². The Hall–Kier alpha value is -5.61. The van der Waals surface area contributed by atoms with E-state index in [0.29, 0.717) is 50.2 Å². The largest absolute Gasteiger partial charge is 0.461 e. The minimum atomic E-state index is -3.39. The van der Waals surface area contributed by atoms with Crippen molar-refractivity contribution in [3.05, 3.63) is 65.7 Å². The highest BCUT2D eigenvalue weighted by atomic mass is 19.3. The molecule has 0 aliphatic carbocycles. The number of carbonyl (C=O) groups excluding carboxylic acids is 7. The summed E-state index contributed by atoms with van der Waals surface area (Å²) in [5, 5.41) is 8.21. The summed E-state index contributed by atoms with van der Waals surface area (Å²) in [7, 11) is 0. The SMILES string of the molecule is C[C@@H]1C[C@H]2C(=O)OC[C@H](NC(=O)[C@H](Cc3ccccc3)NC(=O)Cc3ccc(OC(C)(F)F)cc3)C(=O)N3CCC[C@H]3C(=O)N3CCCC[C@H]3C(=O)N[C@@H](C)C(=O)N2C1. The van der Waals surface area contributed by atoms with Crippen molar-refractivity contribution in [3.63, 3.8) is 0 Å². The van der Waals surface area contributed by atoms with Crippen molar-refractivity contribution in [1.82, 2.24) is 30.7 Å². The minimum absolute atomic E-state index is 0.00985. The number of hydrogen-bond acceptors (Lipinski definition) is 9. The quantitative estimate of drug-likeness (QED) is 0.319. The number of nitrogens with one attached hydrogen (secondary N) is 3. The lowest BCUT2D eigenvalue weighted by molar-refractivity contribution is -0.159. The molecule has 6 amide bonds. The van der Waals surface area contributed by atoms with Crippen LogP contribution in [0.15, 0.2) is 54.6 Å². The van der Waals surface area contributed by atoms with Crippen LogP contribution in [0.3, 0.4) is 0 Å². The molecule has 2 aromatic carbocycles. The molecule has 0 aromatic heterocycles. The molecule has 17 heteroatoms. The molecule has 0 radical (unpaired) electrons. The Morgan fingerprint density at radius 3 is 2.24 bits per heavy atom. The highest BCUT2D eigenvalue weighted by Gasteiger charge is 2.46. The molecule has 0 saturated carbocycles. The molecule has 4 heterocycles. The Balaban J connectivity index is 1.27. The van der Waals surface area contributed by atoms with Gasteiger partial charge in [0.05, 0.1) is 6.42 Å². The fourth-order valence-corrected chi connectivity index (χ4v) is 8.36. The molecule has 4 aliphatic rings. The Kier molecular flexibility index (Phi) is 13.5. The monoisotopic (exact) mass is 822 g/mol. The van der Waals surface area contributed by atoms with Crippen molar-refractivity contribution in [2.45, 2.75) is 114 Å². The van der Waals surface area contributed by atoms with Gasteiger partial charge in [-0.2, -0.15) is 8.78 Å². The summed E-state index contributed by atoms with van der Waals surface area (Å²) >= 11 is 0. The molecule has 0 spiro atoms. The van der Waals surface area contributed by atoms with Crippen LogP contribution in [0, 0.1) is 5.92 Å². The second kappa shape index (κ2) is 18.5. The maximum atomic E-state index is 14.5. The first kappa shape index (κ1) is 43.0. The van der Waals surface area contributed by atoms with Crippen molar-refractivity contribution in [2.75, 3.05) is 26.2 Å². The van der Waals surface area contributed by atoms with Gasteiger partial charge in [-0.3, -0.25) is 28.8 Å². The molecule has 15 nitrogen and oxygen atoms in total. The van der Waals surface area contributed by atoms with Gasteiger partial charge >= 0.3 is 12.1 Å². The summed E-state index contributed by atoms with van der Waals surface area (Å²) in [6, 6.07) is 7.81. The van der Waals surface area contributed by atoms with Crippen LogP contribution >= 0.6 is 0 Å². The van der Waals surface area contributed by atoms with Gasteiger partial charge in [-0.15, -0.1) is 0 Å². The zero-order valence-electron chi connectivity index (χ0n) is 33.5. The highest BCUT2D eigenvalue weighted by Crippen LogP contribution is 2.28. The molecule has 6 rings (SSSR count). The molecular formula is C42H52F2N6O9. The van der Waals surface area contributed by atoms with Crippen LogP contribution < -0.4 is 20.7 Å². The number of esters is 1. The normalized spacial score (nSPS) is 26.3. The maximum Gasteiger partial charge on any atom is 0.394 e. The van der Waals surface area contributed by atoms with Gasteiger partial charge in [-0.1, -0.05) is 49.4 Å². The molecule has 4 fully saturated rings. The van der Waals surface area contributed by atoms with Gasteiger partial charge in [0.1, 0.15) is 48.6 Å². The van der Waals surface area contributed by atoms with Gasteiger partial charge in [-0.25, -0.2) is 4.79 Å². The Morgan fingerprint density at radius 1 is 0.847 bits per heavy atom. The fourth-order valence-electron chi connectivity index (χ4n) is 8.36. The number of alkyl halides is 2. The van der Waals surface area contributed by atoms with Gasteiger partial charge in [0.25, 0.3) is 0 Å². The lowest BCUT2D eigenvalue weighted by Gasteiger charge is -2.39. The first-order valence-corrected chi connectivity index (χ1v) is 20.3. The van der Waals surface area contributed by atoms with Crippen LogP contribution in [0.1, 0.15) is 70.4 Å². The minimum Gasteiger partial charge on any atom is -0.461 e. The van der Waals surface area contributed by atoms with E-state index in [1.165, 1.54) is 39.0 Å². The van der Waals surface area contributed by atoms with Crippen LogP contribution in [-0.4, -0.2) is 125 Å². The van der Waals surface area contributed by atoms with Crippen molar-refractivity contribution in [3.8, 4) is 5.75 Å². The number of benzene rings is 2. The summed E-state index contributed by atoms with van der Waals surface area (Å²) in [6.45, 7) is 4.09. The number of fused-ring (bicyclic) bond motifs is 3. The van der Waals surface area contributed by atoms with Crippen LogP contribution in [0.5, 0.6) is 5.75 Å². The molecule has 3 N–H and O–H groups in total.